The van der Waals surface area contributed by atoms with E-state index in [-0.39, 0.29) is 5.56 Å². The largest absolute Gasteiger partial charge is 0.247 e. The maximum Gasteiger partial charge on any atom is 0.194 e. The summed E-state index contributed by atoms with van der Waals surface area (Å²) in [4.78, 5) is 0. The van der Waals surface area contributed by atoms with Crippen LogP contribution in [0.2, 0.25) is 0 Å². The molecule has 1 aliphatic rings. The van der Waals surface area contributed by atoms with Gasteiger partial charge < -0.3 is 0 Å². The van der Waals surface area contributed by atoms with Crippen LogP contribution in [0, 0.1) is 23.4 Å². The minimum absolute atomic E-state index is 0.230. The number of alkyl halides is 1. The molecular formula is C18H22F4. The lowest BCUT2D eigenvalue weighted by atomic mass is 9.76. The quantitative estimate of drug-likeness (QED) is 0.351. The highest BCUT2D eigenvalue weighted by molar-refractivity contribution is 5.24. The van der Waals surface area contributed by atoms with Gasteiger partial charge in [-0.05, 0) is 62.1 Å². The van der Waals surface area contributed by atoms with E-state index in [1.807, 2.05) is 0 Å². The van der Waals surface area contributed by atoms with Crippen LogP contribution >= 0.6 is 0 Å². The molecule has 1 aromatic carbocycles. The Morgan fingerprint density at radius 2 is 1.77 bits per heavy atom. The van der Waals surface area contributed by atoms with Crippen molar-refractivity contribution >= 4 is 0 Å². The van der Waals surface area contributed by atoms with Crippen LogP contribution < -0.4 is 0 Å². The maximum atomic E-state index is 14.4. The van der Waals surface area contributed by atoms with Crippen LogP contribution in [0.4, 0.5) is 17.6 Å². The monoisotopic (exact) mass is 314 g/mol. The van der Waals surface area contributed by atoms with E-state index in [2.05, 4.69) is 19.1 Å². The first-order valence-corrected chi connectivity index (χ1v) is 7.96. The molecule has 0 heterocycles. The van der Waals surface area contributed by atoms with E-state index in [1.54, 1.807) is 0 Å². The van der Waals surface area contributed by atoms with Crippen LogP contribution in [0.15, 0.2) is 24.3 Å². The Balaban J connectivity index is 1.97. The zero-order valence-electron chi connectivity index (χ0n) is 12.8. The molecule has 0 bridgehead atoms. The van der Waals surface area contributed by atoms with Crippen molar-refractivity contribution in [3.05, 3.63) is 47.3 Å². The third-order valence-corrected chi connectivity index (χ3v) is 4.46. The highest BCUT2D eigenvalue weighted by Gasteiger charge is 2.32. The molecule has 2 rings (SSSR count). The molecule has 0 aliphatic heterocycles. The number of benzene rings is 1. The van der Waals surface area contributed by atoms with Crippen molar-refractivity contribution in [1.29, 1.82) is 0 Å². The molecule has 0 saturated heterocycles. The van der Waals surface area contributed by atoms with E-state index in [0.717, 1.165) is 37.8 Å². The predicted molar refractivity (Wildman–Crippen MR) is 80.0 cm³/mol. The Morgan fingerprint density at radius 1 is 1.09 bits per heavy atom. The Morgan fingerprint density at radius 3 is 2.36 bits per heavy atom. The number of hydrogen-bond acceptors (Lipinski definition) is 0. The summed E-state index contributed by atoms with van der Waals surface area (Å²) in [5.41, 5.74) is 0.230. The standard InChI is InChI=1S/C18H22F4/c1-2-3-4-5-6-12-7-8-14(15(19)9-12)13-10-16(20)18(22)17(21)11-13/h3-4,10-12,14-15H,2,5-9H2,1H3/t12-,14?,15?/m1/s1. The van der Waals surface area contributed by atoms with Gasteiger partial charge in [-0.3, -0.25) is 0 Å². The Hall–Kier alpha value is -1.32. The summed E-state index contributed by atoms with van der Waals surface area (Å²) in [5, 5.41) is 0. The summed E-state index contributed by atoms with van der Waals surface area (Å²) < 4.78 is 53.9. The lowest BCUT2D eigenvalue weighted by molar-refractivity contribution is 0.164. The maximum absolute atomic E-state index is 14.4. The van der Waals surface area contributed by atoms with Gasteiger partial charge in [-0.2, -0.15) is 0 Å². The lowest BCUT2D eigenvalue weighted by Crippen LogP contribution is -2.25. The first-order valence-electron chi connectivity index (χ1n) is 7.96. The predicted octanol–water partition coefficient (Wildman–Crippen LogP) is 6.07. The minimum Gasteiger partial charge on any atom is -0.247 e. The van der Waals surface area contributed by atoms with E-state index in [1.165, 1.54) is 0 Å². The minimum atomic E-state index is -1.49. The number of rotatable bonds is 5. The van der Waals surface area contributed by atoms with Gasteiger partial charge in [-0.25, -0.2) is 17.6 Å². The Labute approximate surface area is 129 Å². The molecule has 122 valence electrons. The van der Waals surface area contributed by atoms with Crippen molar-refractivity contribution in [1.82, 2.24) is 0 Å². The van der Waals surface area contributed by atoms with Crippen LogP contribution in [0.3, 0.4) is 0 Å². The van der Waals surface area contributed by atoms with Crippen molar-refractivity contribution in [2.24, 2.45) is 5.92 Å². The second-order valence-corrected chi connectivity index (χ2v) is 6.06. The number of allylic oxidation sites excluding steroid dienone is 2. The lowest BCUT2D eigenvalue weighted by Gasteiger charge is -2.32. The van der Waals surface area contributed by atoms with E-state index in [0.29, 0.717) is 18.8 Å². The van der Waals surface area contributed by atoms with E-state index in [4.69, 9.17) is 0 Å². The molecule has 1 saturated carbocycles. The summed E-state index contributed by atoms with van der Waals surface area (Å²) in [6, 6.07) is 1.86. The van der Waals surface area contributed by atoms with Gasteiger partial charge in [0.05, 0.1) is 0 Å². The Kier molecular flexibility index (Phi) is 6.04. The molecule has 22 heavy (non-hydrogen) atoms. The molecule has 0 spiro atoms. The van der Waals surface area contributed by atoms with Crippen molar-refractivity contribution in [2.45, 2.75) is 57.5 Å². The molecule has 1 aromatic rings. The van der Waals surface area contributed by atoms with Crippen LogP contribution in [0.1, 0.15) is 56.9 Å². The molecule has 0 nitrogen and oxygen atoms in total. The molecule has 1 aliphatic carbocycles. The summed E-state index contributed by atoms with van der Waals surface area (Å²) >= 11 is 0. The second-order valence-electron chi connectivity index (χ2n) is 6.06. The van der Waals surface area contributed by atoms with Gasteiger partial charge in [0.25, 0.3) is 0 Å². The third kappa shape index (κ3) is 4.11. The smallest absolute Gasteiger partial charge is 0.194 e. The van der Waals surface area contributed by atoms with Crippen LogP contribution in [-0.2, 0) is 0 Å². The van der Waals surface area contributed by atoms with Crippen molar-refractivity contribution in [3.63, 3.8) is 0 Å². The fourth-order valence-corrected chi connectivity index (χ4v) is 3.24. The molecule has 0 N–H and O–H groups in total. The van der Waals surface area contributed by atoms with Gasteiger partial charge in [-0.1, -0.05) is 19.1 Å². The zero-order valence-corrected chi connectivity index (χ0v) is 12.8. The number of halogens is 4. The van der Waals surface area contributed by atoms with Crippen LogP contribution in [-0.4, -0.2) is 6.17 Å². The van der Waals surface area contributed by atoms with E-state index >= 15 is 0 Å². The van der Waals surface area contributed by atoms with Crippen molar-refractivity contribution in [3.8, 4) is 0 Å². The van der Waals surface area contributed by atoms with Gasteiger partial charge >= 0.3 is 0 Å². The molecule has 0 radical (unpaired) electrons. The molecule has 1 fully saturated rings. The summed E-state index contributed by atoms with van der Waals surface area (Å²) in [6.07, 6.45) is 7.77. The summed E-state index contributed by atoms with van der Waals surface area (Å²) in [5.74, 6) is -4.20. The molecule has 0 amide bonds. The highest BCUT2D eigenvalue weighted by Crippen LogP contribution is 2.40. The van der Waals surface area contributed by atoms with Gasteiger partial charge in [0, 0.05) is 5.92 Å². The molecule has 0 aromatic heterocycles. The molecule has 3 atom stereocenters. The average molecular weight is 314 g/mol. The van der Waals surface area contributed by atoms with Gasteiger partial charge in [0.15, 0.2) is 17.5 Å². The molecular weight excluding hydrogens is 292 g/mol. The van der Waals surface area contributed by atoms with Crippen LogP contribution in [0.5, 0.6) is 0 Å². The van der Waals surface area contributed by atoms with E-state index < -0.39 is 29.5 Å². The topological polar surface area (TPSA) is 0 Å². The zero-order chi connectivity index (χ0) is 16.1. The molecule has 4 heteroatoms. The fraction of sp³-hybridized carbons (Fsp3) is 0.556. The fourth-order valence-electron chi connectivity index (χ4n) is 3.24. The van der Waals surface area contributed by atoms with Gasteiger partial charge in [0.2, 0.25) is 0 Å². The normalized spacial score (nSPS) is 25.8. The Bertz CT molecular complexity index is 501. The third-order valence-electron chi connectivity index (χ3n) is 4.46. The summed E-state index contributed by atoms with van der Waals surface area (Å²) in [7, 11) is 0. The SMILES string of the molecule is CCC=CCC[C@@H]1CCC(c2cc(F)c(F)c(F)c2)C(F)C1. The average Bonchev–Trinajstić information content (AvgIpc) is 2.49. The van der Waals surface area contributed by atoms with Crippen molar-refractivity contribution in [2.75, 3.05) is 0 Å². The van der Waals surface area contributed by atoms with Crippen LogP contribution in [0.25, 0.3) is 0 Å². The first-order chi connectivity index (χ1) is 10.5. The second kappa shape index (κ2) is 7.80. The molecule has 2 unspecified atom stereocenters. The first kappa shape index (κ1) is 17.0. The highest BCUT2D eigenvalue weighted by atomic mass is 19.2. The van der Waals surface area contributed by atoms with Crippen molar-refractivity contribution < 1.29 is 17.6 Å². The van der Waals surface area contributed by atoms with Gasteiger partial charge in [-0.15, -0.1) is 0 Å². The van der Waals surface area contributed by atoms with Gasteiger partial charge in [0.1, 0.15) is 6.17 Å². The number of hydrogen-bond donors (Lipinski definition) is 0. The van der Waals surface area contributed by atoms with E-state index in [9.17, 15) is 17.6 Å². The summed E-state index contributed by atoms with van der Waals surface area (Å²) in [6.45, 7) is 2.07.